The maximum atomic E-state index is 10.1. The number of benzene rings is 3. The molecular formula is C28H32NO7P. The lowest BCUT2D eigenvalue weighted by molar-refractivity contribution is 0.0831. The number of hydrogen-bond donors (Lipinski definition) is 3. The Morgan fingerprint density at radius 3 is 2.08 bits per heavy atom. The van der Waals surface area contributed by atoms with Crippen LogP contribution in [0.15, 0.2) is 66.7 Å². The van der Waals surface area contributed by atoms with Gasteiger partial charge in [-0.3, -0.25) is 0 Å². The summed E-state index contributed by atoms with van der Waals surface area (Å²) >= 11 is 0. The third-order valence-electron chi connectivity index (χ3n) is 5.87. The second-order valence-electron chi connectivity index (χ2n) is 8.90. The number of ether oxygens (including phenoxy) is 3. The second-order valence-corrected chi connectivity index (χ2v) is 9.58. The molecule has 0 aromatic heterocycles. The van der Waals surface area contributed by atoms with Crippen LogP contribution in [-0.4, -0.2) is 59.9 Å². The van der Waals surface area contributed by atoms with Gasteiger partial charge in [0, 0.05) is 6.54 Å². The van der Waals surface area contributed by atoms with Crippen LogP contribution in [0.5, 0.6) is 23.0 Å². The normalized spacial score (nSPS) is 14.1. The Morgan fingerprint density at radius 2 is 1.49 bits per heavy atom. The lowest BCUT2D eigenvalue weighted by Crippen LogP contribution is -2.30. The first kappa shape index (κ1) is 26.9. The number of hydrogen-bond acceptors (Lipinski definition) is 8. The standard InChI is InChI=1S/C28H32NO7P/c1-4-25(21-9-14-26-27(15-21)35-18-34-26)28(20-7-12-24(13-8-20)36-37(31)32)19-5-10-23(11-6-19)33-17-22(30)16-29(2)3/h5-15,22,30-32H,4,16-18H2,1-3H3/b28-25+. The molecule has 3 aromatic carbocycles. The lowest BCUT2D eigenvalue weighted by atomic mass is 9.88. The fraction of sp³-hybridized carbons (Fsp3) is 0.286. The van der Waals surface area contributed by atoms with Gasteiger partial charge in [-0.25, -0.2) is 0 Å². The van der Waals surface area contributed by atoms with E-state index in [9.17, 15) is 14.9 Å². The average molecular weight is 526 g/mol. The van der Waals surface area contributed by atoms with Gasteiger partial charge < -0.3 is 38.5 Å². The van der Waals surface area contributed by atoms with Crippen molar-refractivity contribution in [3.8, 4) is 23.0 Å². The molecule has 196 valence electrons. The van der Waals surface area contributed by atoms with E-state index in [0.29, 0.717) is 23.8 Å². The summed E-state index contributed by atoms with van der Waals surface area (Å²) in [7, 11) is 1.32. The largest absolute Gasteiger partial charge is 0.491 e. The smallest absolute Gasteiger partial charge is 0.391 e. The van der Waals surface area contributed by atoms with Crippen molar-refractivity contribution in [3.63, 3.8) is 0 Å². The van der Waals surface area contributed by atoms with Gasteiger partial charge in [-0.1, -0.05) is 37.3 Å². The summed E-state index contributed by atoms with van der Waals surface area (Å²) in [4.78, 5) is 20.3. The molecular weight excluding hydrogens is 493 g/mol. The minimum Gasteiger partial charge on any atom is -0.491 e. The molecule has 9 heteroatoms. The quantitative estimate of drug-likeness (QED) is 0.245. The summed E-state index contributed by atoms with van der Waals surface area (Å²) in [6.45, 7) is 3.04. The Hall–Kier alpha value is -3.13. The van der Waals surface area contributed by atoms with Crippen LogP contribution in [0.3, 0.4) is 0 Å². The fourth-order valence-corrected chi connectivity index (χ4v) is 4.60. The summed E-state index contributed by atoms with van der Waals surface area (Å²) in [6, 6.07) is 20.9. The van der Waals surface area contributed by atoms with Gasteiger partial charge in [0.15, 0.2) is 11.5 Å². The first-order valence-corrected chi connectivity index (χ1v) is 13.2. The third-order valence-corrected chi connectivity index (χ3v) is 6.24. The Morgan fingerprint density at radius 1 is 0.892 bits per heavy atom. The molecule has 1 aliphatic heterocycles. The summed E-state index contributed by atoms with van der Waals surface area (Å²) in [6.07, 6.45) is 0.170. The van der Waals surface area contributed by atoms with E-state index in [2.05, 4.69) is 6.92 Å². The van der Waals surface area contributed by atoms with Crippen molar-refractivity contribution in [1.29, 1.82) is 0 Å². The maximum Gasteiger partial charge on any atom is 0.391 e. The number of fused-ring (bicyclic) bond motifs is 1. The second kappa shape index (κ2) is 12.4. The summed E-state index contributed by atoms with van der Waals surface area (Å²) < 4.78 is 22.0. The van der Waals surface area contributed by atoms with Gasteiger partial charge in [0.1, 0.15) is 24.2 Å². The molecule has 1 heterocycles. The molecule has 0 fully saturated rings. The van der Waals surface area contributed by atoms with Gasteiger partial charge in [-0.05, 0) is 84.8 Å². The molecule has 0 radical (unpaired) electrons. The number of rotatable bonds is 11. The van der Waals surface area contributed by atoms with Crippen LogP contribution >= 0.6 is 8.60 Å². The van der Waals surface area contributed by atoms with E-state index in [-0.39, 0.29) is 13.4 Å². The minimum atomic E-state index is -2.49. The molecule has 0 bridgehead atoms. The first-order chi connectivity index (χ1) is 17.8. The van der Waals surface area contributed by atoms with Gasteiger partial charge in [0.2, 0.25) is 6.79 Å². The Labute approximate surface area is 218 Å². The molecule has 0 amide bonds. The number of nitrogens with zero attached hydrogens (tertiary/aromatic N) is 1. The van der Waals surface area contributed by atoms with Crippen molar-refractivity contribution in [2.75, 3.05) is 34.0 Å². The molecule has 3 N–H and O–H groups in total. The molecule has 1 aliphatic rings. The van der Waals surface area contributed by atoms with Crippen molar-refractivity contribution < 1.29 is 33.6 Å². The van der Waals surface area contributed by atoms with E-state index >= 15 is 0 Å². The van der Waals surface area contributed by atoms with Crippen LogP contribution in [-0.2, 0) is 0 Å². The highest BCUT2D eigenvalue weighted by Gasteiger charge is 2.18. The van der Waals surface area contributed by atoms with Crippen LogP contribution in [0.25, 0.3) is 11.1 Å². The van der Waals surface area contributed by atoms with Crippen LogP contribution in [0, 0.1) is 0 Å². The predicted molar refractivity (Wildman–Crippen MR) is 144 cm³/mol. The summed E-state index contributed by atoms with van der Waals surface area (Å²) in [5.74, 6) is 2.49. The molecule has 37 heavy (non-hydrogen) atoms. The highest BCUT2D eigenvalue weighted by atomic mass is 31.2. The Kier molecular flexibility index (Phi) is 9.03. The van der Waals surface area contributed by atoms with Gasteiger partial charge in [-0.15, -0.1) is 0 Å². The van der Waals surface area contributed by atoms with E-state index < -0.39 is 14.7 Å². The summed E-state index contributed by atoms with van der Waals surface area (Å²) in [5, 5.41) is 10.1. The van der Waals surface area contributed by atoms with Gasteiger partial charge >= 0.3 is 8.60 Å². The van der Waals surface area contributed by atoms with Crippen molar-refractivity contribution in [2.45, 2.75) is 19.4 Å². The zero-order valence-electron chi connectivity index (χ0n) is 21.1. The van der Waals surface area contributed by atoms with Crippen LogP contribution < -0.4 is 18.7 Å². The molecule has 1 unspecified atom stereocenters. The Bertz CT molecular complexity index is 1210. The fourth-order valence-electron chi connectivity index (χ4n) is 4.29. The molecule has 4 rings (SSSR count). The zero-order valence-corrected chi connectivity index (χ0v) is 22.0. The third kappa shape index (κ3) is 7.01. The van der Waals surface area contributed by atoms with Gasteiger partial charge in [-0.2, -0.15) is 0 Å². The van der Waals surface area contributed by atoms with Gasteiger partial charge in [0.05, 0.1) is 0 Å². The highest BCUT2D eigenvalue weighted by molar-refractivity contribution is 7.39. The van der Waals surface area contributed by atoms with E-state index in [1.54, 1.807) is 12.1 Å². The minimum absolute atomic E-state index is 0.206. The van der Waals surface area contributed by atoms with Crippen LogP contribution in [0.2, 0.25) is 0 Å². The van der Waals surface area contributed by atoms with Crippen LogP contribution in [0.1, 0.15) is 30.0 Å². The maximum absolute atomic E-state index is 10.1. The highest BCUT2D eigenvalue weighted by Crippen LogP contribution is 2.40. The summed E-state index contributed by atoms with van der Waals surface area (Å²) in [5.41, 5.74) is 5.06. The molecule has 1 atom stereocenters. The molecule has 0 saturated carbocycles. The Balaban J connectivity index is 1.70. The van der Waals surface area contributed by atoms with Crippen LogP contribution in [0.4, 0.5) is 0 Å². The molecule has 0 saturated heterocycles. The molecule has 0 aliphatic carbocycles. The average Bonchev–Trinajstić information content (AvgIpc) is 3.34. The van der Waals surface area contributed by atoms with E-state index in [1.807, 2.05) is 73.6 Å². The predicted octanol–water partition coefficient (Wildman–Crippen LogP) is 4.68. The number of aliphatic hydroxyl groups excluding tert-OH is 1. The monoisotopic (exact) mass is 525 g/mol. The number of likely N-dealkylation sites (N-methyl/N-ethyl adjacent to an activating group) is 1. The zero-order chi connectivity index (χ0) is 26.4. The molecule has 0 spiro atoms. The lowest BCUT2D eigenvalue weighted by Gasteiger charge is -2.18. The van der Waals surface area contributed by atoms with Crippen molar-refractivity contribution >= 4 is 19.7 Å². The van der Waals surface area contributed by atoms with E-state index in [1.165, 1.54) is 0 Å². The number of aliphatic hydroxyl groups is 1. The SMILES string of the molecule is CC/C(=C(/c1ccc(OCC(O)CN(C)C)cc1)c1ccc(OP(O)O)cc1)c1ccc2c(c1)OCO2. The van der Waals surface area contributed by atoms with Crippen molar-refractivity contribution in [3.05, 3.63) is 83.4 Å². The molecule has 3 aromatic rings. The number of allylic oxidation sites excluding steroid dienone is 1. The molecule has 8 nitrogen and oxygen atoms in total. The topological polar surface area (TPSA) is 101 Å². The van der Waals surface area contributed by atoms with Crippen molar-refractivity contribution in [1.82, 2.24) is 4.90 Å². The van der Waals surface area contributed by atoms with E-state index in [0.717, 1.165) is 40.0 Å². The van der Waals surface area contributed by atoms with Gasteiger partial charge in [0.25, 0.3) is 0 Å². The first-order valence-electron chi connectivity index (χ1n) is 12.0. The van der Waals surface area contributed by atoms with Crippen molar-refractivity contribution in [2.24, 2.45) is 0 Å². The van der Waals surface area contributed by atoms with E-state index in [4.69, 9.17) is 18.7 Å².